The van der Waals surface area contributed by atoms with Gasteiger partial charge >= 0.3 is 0 Å². The minimum atomic E-state index is -0.667. The SMILES string of the molecule is CCn1nc(C(=O)Nc2sc3c(c2C(N)=O)CCCC3)c(=O)c2cc(Cl)ccc21. The molecular formula is C20H19ClN4O3S. The monoisotopic (exact) mass is 430 g/mol. The molecule has 0 unspecified atom stereocenters. The zero-order valence-corrected chi connectivity index (χ0v) is 17.3. The van der Waals surface area contributed by atoms with Crippen molar-refractivity contribution in [2.24, 2.45) is 5.73 Å². The molecule has 0 fully saturated rings. The molecule has 150 valence electrons. The van der Waals surface area contributed by atoms with Crippen LogP contribution in [0.1, 0.15) is 51.1 Å². The van der Waals surface area contributed by atoms with Gasteiger partial charge in [0.1, 0.15) is 5.00 Å². The van der Waals surface area contributed by atoms with Gasteiger partial charge in [0.2, 0.25) is 5.43 Å². The van der Waals surface area contributed by atoms with Gasteiger partial charge in [0.15, 0.2) is 5.69 Å². The molecule has 2 heterocycles. The van der Waals surface area contributed by atoms with E-state index in [1.807, 2.05) is 6.92 Å². The molecule has 9 heteroatoms. The fourth-order valence-corrected chi connectivity index (χ4v) is 5.19. The van der Waals surface area contributed by atoms with Crippen LogP contribution in [0.2, 0.25) is 5.02 Å². The maximum absolute atomic E-state index is 13.0. The Labute approximate surface area is 175 Å². The van der Waals surface area contributed by atoms with Gasteiger partial charge in [0.25, 0.3) is 11.8 Å². The van der Waals surface area contributed by atoms with Crippen molar-refractivity contribution >= 4 is 50.7 Å². The predicted octanol–water partition coefficient (Wildman–Crippen LogP) is 3.36. The van der Waals surface area contributed by atoms with Crippen LogP contribution in [0.15, 0.2) is 23.0 Å². The summed E-state index contributed by atoms with van der Waals surface area (Å²) < 4.78 is 1.58. The van der Waals surface area contributed by atoms with Crippen LogP contribution in [-0.2, 0) is 19.4 Å². The second-order valence-corrected chi connectivity index (χ2v) is 8.43. The summed E-state index contributed by atoms with van der Waals surface area (Å²) in [5.41, 5.74) is 6.69. The van der Waals surface area contributed by atoms with Gasteiger partial charge in [-0.2, -0.15) is 5.10 Å². The number of halogens is 1. The number of nitrogens with one attached hydrogen (secondary N) is 1. The van der Waals surface area contributed by atoms with Gasteiger partial charge in [0, 0.05) is 16.4 Å². The molecule has 1 aliphatic rings. The summed E-state index contributed by atoms with van der Waals surface area (Å²) in [7, 11) is 0. The third-order valence-electron chi connectivity index (χ3n) is 5.08. The molecule has 0 saturated heterocycles. The van der Waals surface area contributed by atoms with Crippen LogP contribution in [0.3, 0.4) is 0 Å². The Balaban J connectivity index is 1.79. The van der Waals surface area contributed by atoms with Crippen molar-refractivity contribution in [3.05, 3.63) is 55.1 Å². The fraction of sp³-hybridized carbons (Fsp3) is 0.300. The predicted molar refractivity (Wildman–Crippen MR) is 114 cm³/mol. The average molecular weight is 431 g/mol. The van der Waals surface area contributed by atoms with Gasteiger partial charge in [-0.25, -0.2) is 0 Å². The van der Waals surface area contributed by atoms with Crippen LogP contribution in [0.5, 0.6) is 0 Å². The molecule has 3 aromatic rings. The Kier molecular flexibility index (Phi) is 5.14. The van der Waals surface area contributed by atoms with Crippen molar-refractivity contribution in [1.29, 1.82) is 0 Å². The second kappa shape index (κ2) is 7.61. The van der Waals surface area contributed by atoms with E-state index in [1.54, 1.807) is 16.8 Å². The van der Waals surface area contributed by atoms with Crippen molar-refractivity contribution in [2.45, 2.75) is 39.2 Å². The van der Waals surface area contributed by atoms with E-state index in [2.05, 4.69) is 10.4 Å². The number of aryl methyl sites for hydroxylation is 2. The zero-order chi connectivity index (χ0) is 20.7. The standard InChI is InChI=1S/C20H19ClN4O3S/c1-2-25-13-8-7-10(21)9-12(13)17(26)16(24-25)19(28)23-20-15(18(22)27)11-5-3-4-6-14(11)29-20/h7-9H,2-6H2,1H3,(H2,22,27)(H,23,28). The highest BCUT2D eigenvalue weighted by Gasteiger charge is 2.26. The number of amides is 2. The number of rotatable bonds is 4. The van der Waals surface area contributed by atoms with Crippen LogP contribution >= 0.6 is 22.9 Å². The number of nitrogens with zero attached hydrogens (tertiary/aromatic N) is 2. The van der Waals surface area contributed by atoms with Crippen LogP contribution in [0, 0.1) is 0 Å². The number of hydrogen-bond acceptors (Lipinski definition) is 5. The van der Waals surface area contributed by atoms with E-state index in [1.165, 1.54) is 17.4 Å². The Morgan fingerprint density at radius 1 is 1.31 bits per heavy atom. The molecule has 29 heavy (non-hydrogen) atoms. The van der Waals surface area contributed by atoms with E-state index >= 15 is 0 Å². The maximum Gasteiger partial charge on any atom is 0.280 e. The summed E-state index contributed by atoms with van der Waals surface area (Å²) >= 11 is 7.39. The lowest BCUT2D eigenvalue weighted by molar-refractivity contribution is 0.100. The van der Waals surface area contributed by atoms with Gasteiger partial charge in [-0.05, 0) is 56.4 Å². The van der Waals surface area contributed by atoms with Crippen LogP contribution in [0.4, 0.5) is 5.00 Å². The van der Waals surface area contributed by atoms with Crippen molar-refractivity contribution < 1.29 is 9.59 Å². The lowest BCUT2D eigenvalue weighted by Gasteiger charge is -2.11. The molecule has 0 bridgehead atoms. The Bertz CT molecular complexity index is 1210. The first-order valence-corrected chi connectivity index (χ1v) is 10.6. The summed E-state index contributed by atoms with van der Waals surface area (Å²) in [5, 5.41) is 8.04. The van der Waals surface area contributed by atoms with E-state index in [0.29, 0.717) is 33.0 Å². The highest BCUT2D eigenvalue weighted by molar-refractivity contribution is 7.17. The highest BCUT2D eigenvalue weighted by atomic mass is 35.5. The van der Waals surface area contributed by atoms with E-state index in [-0.39, 0.29) is 5.69 Å². The molecule has 7 nitrogen and oxygen atoms in total. The van der Waals surface area contributed by atoms with Gasteiger partial charge in [-0.3, -0.25) is 19.1 Å². The third-order valence-corrected chi connectivity index (χ3v) is 6.52. The Morgan fingerprint density at radius 3 is 2.79 bits per heavy atom. The van der Waals surface area contributed by atoms with E-state index < -0.39 is 17.2 Å². The van der Waals surface area contributed by atoms with Crippen LogP contribution < -0.4 is 16.5 Å². The molecule has 1 aliphatic carbocycles. The smallest absolute Gasteiger partial charge is 0.280 e. The second-order valence-electron chi connectivity index (χ2n) is 6.89. The lowest BCUT2D eigenvalue weighted by Crippen LogP contribution is -2.27. The van der Waals surface area contributed by atoms with E-state index in [9.17, 15) is 14.4 Å². The number of benzene rings is 1. The van der Waals surface area contributed by atoms with Crippen molar-refractivity contribution in [1.82, 2.24) is 9.78 Å². The summed E-state index contributed by atoms with van der Waals surface area (Å²) in [4.78, 5) is 39.0. The number of nitrogens with two attached hydrogens (primary N) is 1. The van der Waals surface area contributed by atoms with E-state index in [4.69, 9.17) is 17.3 Å². The number of fused-ring (bicyclic) bond motifs is 2. The topological polar surface area (TPSA) is 107 Å². The van der Waals surface area contributed by atoms with Crippen molar-refractivity contribution in [2.75, 3.05) is 5.32 Å². The first-order valence-electron chi connectivity index (χ1n) is 9.36. The number of thiophene rings is 1. The molecule has 2 amide bonds. The Morgan fingerprint density at radius 2 is 2.07 bits per heavy atom. The normalized spacial score (nSPS) is 13.3. The quantitative estimate of drug-likeness (QED) is 0.661. The first-order chi connectivity index (χ1) is 13.9. The molecule has 3 N–H and O–H groups in total. The fourth-order valence-electron chi connectivity index (χ4n) is 3.73. The van der Waals surface area contributed by atoms with Gasteiger partial charge in [-0.1, -0.05) is 11.6 Å². The maximum atomic E-state index is 13.0. The molecule has 0 spiro atoms. The molecular weight excluding hydrogens is 412 g/mol. The molecule has 4 rings (SSSR count). The van der Waals surface area contributed by atoms with Crippen LogP contribution in [-0.4, -0.2) is 21.6 Å². The molecule has 0 atom stereocenters. The number of anilines is 1. The van der Waals surface area contributed by atoms with Gasteiger partial charge in [-0.15, -0.1) is 11.3 Å². The molecule has 0 saturated carbocycles. The number of carbonyl (C=O) groups excluding carboxylic acids is 2. The number of carbonyl (C=O) groups is 2. The first kappa shape index (κ1) is 19.6. The number of primary amides is 1. The molecule has 0 aliphatic heterocycles. The largest absolute Gasteiger partial charge is 0.365 e. The summed E-state index contributed by atoms with van der Waals surface area (Å²) in [6.45, 7) is 2.34. The molecule has 0 radical (unpaired) electrons. The summed E-state index contributed by atoms with van der Waals surface area (Å²) in [5.74, 6) is -1.25. The number of hydrogen-bond donors (Lipinski definition) is 2. The summed E-state index contributed by atoms with van der Waals surface area (Å²) in [6.07, 6.45) is 3.62. The summed E-state index contributed by atoms with van der Waals surface area (Å²) in [6, 6.07) is 4.91. The van der Waals surface area contributed by atoms with Gasteiger partial charge < -0.3 is 11.1 Å². The average Bonchev–Trinajstić information content (AvgIpc) is 3.06. The Hall–Kier alpha value is -2.71. The van der Waals surface area contributed by atoms with Crippen LogP contribution in [0.25, 0.3) is 10.9 Å². The number of aromatic nitrogens is 2. The molecule has 1 aromatic carbocycles. The van der Waals surface area contributed by atoms with Gasteiger partial charge in [0.05, 0.1) is 16.5 Å². The van der Waals surface area contributed by atoms with Crippen molar-refractivity contribution in [3.63, 3.8) is 0 Å². The van der Waals surface area contributed by atoms with E-state index in [0.717, 1.165) is 36.1 Å². The minimum absolute atomic E-state index is 0.247. The zero-order valence-electron chi connectivity index (χ0n) is 15.8. The highest BCUT2D eigenvalue weighted by Crippen LogP contribution is 2.38. The molecule has 2 aromatic heterocycles. The third kappa shape index (κ3) is 3.42. The van der Waals surface area contributed by atoms with Crippen molar-refractivity contribution in [3.8, 4) is 0 Å². The lowest BCUT2D eigenvalue weighted by atomic mass is 9.95. The minimum Gasteiger partial charge on any atom is -0.365 e.